The van der Waals surface area contributed by atoms with Crippen molar-refractivity contribution in [2.24, 2.45) is 0 Å². The minimum atomic E-state index is 0.295. The first-order chi connectivity index (χ1) is 11.4. The number of benzene rings is 3. The standard InChI is InChI=1S/C21H17NS/c22-15-17-8-7-9-18(14-17)16-23-21(19-10-3-1-4-11-19)20-12-5-2-6-13-20/h1-14,21H,16H2. The highest BCUT2D eigenvalue weighted by molar-refractivity contribution is 7.98. The summed E-state index contributed by atoms with van der Waals surface area (Å²) in [5.74, 6) is 0.879. The SMILES string of the molecule is N#Cc1cccc(CSC(c2ccccc2)c2ccccc2)c1. The fourth-order valence-corrected chi connectivity index (χ4v) is 3.79. The van der Waals surface area contributed by atoms with Crippen LogP contribution in [0.1, 0.15) is 27.5 Å². The maximum absolute atomic E-state index is 9.04. The molecule has 1 nitrogen and oxygen atoms in total. The summed E-state index contributed by atoms with van der Waals surface area (Å²) in [6.07, 6.45) is 0. The van der Waals surface area contributed by atoms with Crippen LogP contribution in [0.3, 0.4) is 0 Å². The molecule has 3 rings (SSSR count). The van der Waals surface area contributed by atoms with Crippen LogP contribution in [0.25, 0.3) is 0 Å². The second-order valence-electron chi connectivity index (χ2n) is 5.32. The number of nitriles is 1. The summed E-state index contributed by atoms with van der Waals surface area (Å²) >= 11 is 1.89. The molecular weight excluding hydrogens is 298 g/mol. The molecule has 23 heavy (non-hydrogen) atoms. The molecule has 0 aliphatic rings. The third kappa shape index (κ3) is 4.03. The molecule has 2 heteroatoms. The zero-order valence-corrected chi connectivity index (χ0v) is 13.5. The normalized spacial score (nSPS) is 10.4. The molecule has 0 bridgehead atoms. The molecule has 0 saturated carbocycles. The summed E-state index contributed by atoms with van der Waals surface area (Å²) in [7, 11) is 0. The van der Waals surface area contributed by atoms with Crippen LogP contribution >= 0.6 is 11.8 Å². The summed E-state index contributed by atoms with van der Waals surface area (Å²) in [6.45, 7) is 0. The number of nitrogens with zero attached hydrogens (tertiary/aromatic N) is 1. The molecule has 0 atom stereocenters. The van der Waals surface area contributed by atoms with Gasteiger partial charge in [-0.25, -0.2) is 0 Å². The van der Waals surface area contributed by atoms with Gasteiger partial charge in [0.25, 0.3) is 0 Å². The van der Waals surface area contributed by atoms with E-state index in [0.717, 1.165) is 11.3 Å². The summed E-state index contributed by atoms with van der Waals surface area (Å²) in [5.41, 5.74) is 4.52. The highest BCUT2D eigenvalue weighted by Crippen LogP contribution is 2.37. The molecule has 0 aliphatic carbocycles. The number of rotatable bonds is 5. The van der Waals surface area contributed by atoms with Gasteiger partial charge < -0.3 is 0 Å². The van der Waals surface area contributed by atoms with E-state index in [9.17, 15) is 0 Å². The van der Waals surface area contributed by atoms with Gasteiger partial charge in [-0.05, 0) is 28.8 Å². The monoisotopic (exact) mass is 315 g/mol. The summed E-state index contributed by atoms with van der Waals surface area (Å²) in [5, 5.41) is 9.33. The maximum Gasteiger partial charge on any atom is 0.0991 e. The van der Waals surface area contributed by atoms with Crippen molar-refractivity contribution in [3.8, 4) is 6.07 Å². The lowest BCUT2D eigenvalue weighted by Gasteiger charge is -2.18. The van der Waals surface area contributed by atoms with E-state index < -0.39 is 0 Å². The number of hydrogen-bond acceptors (Lipinski definition) is 2. The summed E-state index contributed by atoms with van der Waals surface area (Å²) in [6, 6.07) is 31.2. The van der Waals surface area contributed by atoms with Gasteiger partial charge in [0.15, 0.2) is 0 Å². The van der Waals surface area contributed by atoms with Crippen LogP contribution in [0.5, 0.6) is 0 Å². The van der Waals surface area contributed by atoms with Gasteiger partial charge in [-0.15, -0.1) is 11.8 Å². The van der Waals surface area contributed by atoms with Crippen molar-refractivity contribution in [3.63, 3.8) is 0 Å². The van der Waals surface area contributed by atoms with Crippen molar-refractivity contribution in [1.82, 2.24) is 0 Å². The van der Waals surface area contributed by atoms with Gasteiger partial charge in [0.05, 0.1) is 16.9 Å². The van der Waals surface area contributed by atoms with Crippen molar-refractivity contribution in [2.75, 3.05) is 0 Å². The average Bonchev–Trinajstić information content (AvgIpc) is 2.64. The Labute approximate surface area is 141 Å². The second-order valence-corrected chi connectivity index (χ2v) is 6.42. The van der Waals surface area contributed by atoms with Crippen LogP contribution in [0.2, 0.25) is 0 Å². The lowest BCUT2D eigenvalue weighted by molar-refractivity contribution is 1.15. The molecule has 0 radical (unpaired) electrons. The molecule has 0 aliphatic heterocycles. The van der Waals surface area contributed by atoms with Crippen LogP contribution in [-0.2, 0) is 5.75 Å². The molecule has 0 fully saturated rings. The minimum absolute atomic E-state index is 0.295. The lowest BCUT2D eigenvalue weighted by Crippen LogP contribution is -1.97. The Morgan fingerprint density at radius 3 is 1.96 bits per heavy atom. The van der Waals surface area contributed by atoms with E-state index in [1.807, 2.05) is 42.1 Å². The van der Waals surface area contributed by atoms with Crippen LogP contribution < -0.4 is 0 Å². The third-order valence-corrected chi connectivity index (χ3v) is 5.06. The van der Waals surface area contributed by atoms with E-state index in [0.29, 0.717) is 5.25 Å². The summed E-state index contributed by atoms with van der Waals surface area (Å²) < 4.78 is 0. The zero-order chi connectivity index (χ0) is 15.9. The molecule has 112 valence electrons. The zero-order valence-electron chi connectivity index (χ0n) is 12.7. The van der Waals surface area contributed by atoms with Crippen LogP contribution in [-0.4, -0.2) is 0 Å². The maximum atomic E-state index is 9.04. The molecular formula is C21H17NS. The van der Waals surface area contributed by atoms with Crippen molar-refractivity contribution in [3.05, 3.63) is 107 Å². The van der Waals surface area contributed by atoms with Crippen molar-refractivity contribution in [1.29, 1.82) is 5.26 Å². The highest BCUT2D eigenvalue weighted by atomic mass is 32.2. The van der Waals surface area contributed by atoms with Crippen molar-refractivity contribution in [2.45, 2.75) is 11.0 Å². The molecule has 0 saturated heterocycles. The molecule has 0 amide bonds. The third-order valence-electron chi connectivity index (χ3n) is 3.68. The first-order valence-corrected chi connectivity index (χ1v) is 8.62. The topological polar surface area (TPSA) is 23.8 Å². The lowest BCUT2D eigenvalue weighted by atomic mass is 10.0. The van der Waals surface area contributed by atoms with Crippen molar-refractivity contribution >= 4 is 11.8 Å². The highest BCUT2D eigenvalue weighted by Gasteiger charge is 2.14. The first kappa shape index (κ1) is 15.4. The second kappa shape index (κ2) is 7.67. The molecule has 3 aromatic carbocycles. The van der Waals surface area contributed by atoms with E-state index in [2.05, 4.69) is 60.7 Å². The van der Waals surface area contributed by atoms with Gasteiger partial charge in [0, 0.05) is 5.75 Å². The predicted octanol–water partition coefficient (Wildman–Crippen LogP) is 5.58. The molecule has 0 spiro atoms. The minimum Gasteiger partial charge on any atom is -0.192 e. The first-order valence-electron chi connectivity index (χ1n) is 7.57. The number of hydrogen-bond donors (Lipinski definition) is 0. The Hall–Kier alpha value is -2.50. The van der Waals surface area contributed by atoms with E-state index in [1.165, 1.54) is 16.7 Å². The Bertz CT molecular complexity index is 751. The summed E-state index contributed by atoms with van der Waals surface area (Å²) in [4.78, 5) is 0. The van der Waals surface area contributed by atoms with Crippen LogP contribution in [0, 0.1) is 11.3 Å². The van der Waals surface area contributed by atoms with Gasteiger partial charge in [-0.2, -0.15) is 5.26 Å². The van der Waals surface area contributed by atoms with Gasteiger partial charge >= 0.3 is 0 Å². The van der Waals surface area contributed by atoms with E-state index in [-0.39, 0.29) is 0 Å². The van der Waals surface area contributed by atoms with Gasteiger partial charge in [0.1, 0.15) is 0 Å². The van der Waals surface area contributed by atoms with Crippen LogP contribution in [0.15, 0.2) is 84.9 Å². The average molecular weight is 315 g/mol. The number of thioether (sulfide) groups is 1. The fraction of sp³-hybridized carbons (Fsp3) is 0.0952. The smallest absolute Gasteiger partial charge is 0.0991 e. The Kier molecular flexibility index (Phi) is 5.13. The van der Waals surface area contributed by atoms with Crippen LogP contribution in [0.4, 0.5) is 0 Å². The quantitative estimate of drug-likeness (QED) is 0.613. The van der Waals surface area contributed by atoms with Gasteiger partial charge in [-0.1, -0.05) is 72.8 Å². The molecule has 3 aromatic rings. The fourth-order valence-electron chi connectivity index (χ4n) is 2.55. The van der Waals surface area contributed by atoms with E-state index in [4.69, 9.17) is 5.26 Å². The van der Waals surface area contributed by atoms with Crippen molar-refractivity contribution < 1.29 is 0 Å². The molecule has 0 heterocycles. The Morgan fingerprint density at radius 2 is 1.39 bits per heavy atom. The largest absolute Gasteiger partial charge is 0.192 e. The van der Waals surface area contributed by atoms with E-state index in [1.54, 1.807) is 0 Å². The molecule has 0 unspecified atom stereocenters. The van der Waals surface area contributed by atoms with E-state index >= 15 is 0 Å². The van der Waals surface area contributed by atoms with Gasteiger partial charge in [0.2, 0.25) is 0 Å². The molecule has 0 N–H and O–H groups in total. The predicted molar refractivity (Wildman–Crippen MR) is 97.2 cm³/mol. The Morgan fingerprint density at radius 1 is 0.783 bits per heavy atom. The Balaban J connectivity index is 1.83. The molecule has 0 aromatic heterocycles. The van der Waals surface area contributed by atoms with Gasteiger partial charge in [-0.3, -0.25) is 0 Å².